The summed E-state index contributed by atoms with van der Waals surface area (Å²) < 4.78 is 36.4. The highest BCUT2D eigenvalue weighted by molar-refractivity contribution is 8.13. The summed E-state index contributed by atoms with van der Waals surface area (Å²) in [4.78, 5) is 3.66. The summed E-state index contributed by atoms with van der Waals surface area (Å²) in [5, 5.41) is -0.212. The van der Waals surface area contributed by atoms with Crippen molar-refractivity contribution in [3.8, 4) is 0 Å². The SMILES string of the molecule is O=S(=O)(Cl)c1cn(Cc2cccc(F)c2)cn1. The number of imidazole rings is 1. The molecule has 4 nitrogen and oxygen atoms in total. The van der Waals surface area contributed by atoms with E-state index in [1.54, 1.807) is 12.1 Å². The minimum atomic E-state index is -3.82. The Balaban J connectivity index is 2.23. The Morgan fingerprint density at radius 1 is 1.41 bits per heavy atom. The van der Waals surface area contributed by atoms with Crippen LogP contribution in [0, 0.1) is 5.82 Å². The zero-order chi connectivity index (χ0) is 12.5. The van der Waals surface area contributed by atoms with Gasteiger partial charge in [-0.25, -0.2) is 17.8 Å². The summed E-state index contributed by atoms with van der Waals surface area (Å²) in [6.45, 7) is 0.331. The normalized spacial score (nSPS) is 11.6. The average Bonchev–Trinajstić information content (AvgIpc) is 2.65. The number of hydrogen-bond donors (Lipinski definition) is 0. The van der Waals surface area contributed by atoms with E-state index in [1.807, 2.05) is 0 Å². The van der Waals surface area contributed by atoms with Crippen LogP contribution in [0.2, 0.25) is 0 Å². The molecule has 1 aromatic heterocycles. The molecule has 90 valence electrons. The van der Waals surface area contributed by atoms with Gasteiger partial charge < -0.3 is 4.57 Å². The maximum absolute atomic E-state index is 12.9. The Labute approximate surface area is 102 Å². The summed E-state index contributed by atoms with van der Waals surface area (Å²) in [5.74, 6) is -0.340. The highest BCUT2D eigenvalue weighted by Crippen LogP contribution is 2.13. The minimum absolute atomic E-state index is 0.212. The molecule has 17 heavy (non-hydrogen) atoms. The molecule has 1 aromatic carbocycles. The van der Waals surface area contributed by atoms with Gasteiger partial charge in [0.2, 0.25) is 0 Å². The summed E-state index contributed by atoms with van der Waals surface area (Å²) in [7, 11) is 1.32. The van der Waals surface area contributed by atoms with Crippen molar-refractivity contribution in [1.29, 1.82) is 0 Å². The van der Waals surface area contributed by atoms with Gasteiger partial charge in [-0.3, -0.25) is 0 Å². The van der Waals surface area contributed by atoms with Gasteiger partial charge in [0.1, 0.15) is 5.82 Å². The molecule has 0 N–H and O–H groups in total. The van der Waals surface area contributed by atoms with Gasteiger partial charge in [0.05, 0.1) is 6.33 Å². The first-order valence-electron chi connectivity index (χ1n) is 4.66. The molecular formula is C10H8ClFN2O2S. The maximum Gasteiger partial charge on any atom is 0.280 e. The Hall–Kier alpha value is -1.40. The number of aromatic nitrogens is 2. The third kappa shape index (κ3) is 3.04. The number of hydrogen-bond acceptors (Lipinski definition) is 3. The van der Waals surface area contributed by atoms with E-state index in [2.05, 4.69) is 4.98 Å². The maximum atomic E-state index is 12.9. The molecule has 0 aliphatic rings. The highest BCUT2D eigenvalue weighted by atomic mass is 35.7. The Bertz CT molecular complexity index is 639. The molecule has 0 bridgehead atoms. The first-order valence-corrected chi connectivity index (χ1v) is 6.97. The van der Waals surface area contributed by atoms with Crippen LogP contribution in [0.15, 0.2) is 41.8 Å². The lowest BCUT2D eigenvalue weighted by molar-refractivity contribution is 0.606. The van der Waals surface area contributed by atoms with Gasteiger partial charge in [-0.1, -0.05) is 12.1 Å². The monoisotopic (exact) mass is 274 g/mol. The molecule has 2 rings (SSSR count). The third-order valence-corrected chi connectivity index (χ3v) is 3.30. The van der Waals surface area contributed by atoms with Crippen molar-refractivity contribution in [1.82, 2.24) is 9.55 Å². The van der Waals surface area contributed by atoms with Crippen LogP contribution in [-0.2, 0) is 15.6 Å². The van der Waals surface area contributed by atoms with Crippen LogP contribution in [0.25, 0.3) is 0 Å². The highest BCUT2D eigenvalue weighted by Gasteiger charge is 2.13. The lowest BCUT2D eigenvalue weighted by atomic mass is 10.2. The van der Waals surface area contributed by atoms with Gasteiger partial charge in [-0.05, 0) is 17.7 Å². The fraction of sp³-hybridized carbons (Fsp3) is 0.100. The van der Waals surface area contributed by atoms with Gasteiger partial charge in [-0.15, -0.1) is 0 Å². The van der Waals surface area contributed by atoms with E-state index in [-0.39, 0.29) is 10.8 Å². The molecule has 0 fully saturated rings. The van der Waals surface area contributed by atoms with Crippen molar-refractivity contribution in [2.45, 2.75) is 11.6 Å². The second-order valence-corrected chi connectivity index (χ2v) is 5.96. The zero-order valence-corrected chi connectivity index (χ0v) is 10.1. The first-order chi connectivity index (χ1) is 7.95. The van der Waals surface area contributed by atoms with Crippen molar-refractivity contribution in [3.05, 3.63) is 48.2 Å². The number of nitrogens with zero attached hydrogens (tertiary/aromatic N) is 2. The fourth-order valence-electron chi connectivity index (χ4n) is 1.40. The number of halogens is 2. The lowest BCUT2D eigenvalue weighted by Gasteiger charge is -2.01. The molecule has 7 heteroatoms. The van der Waals surface area contributed by atoms with Crippen LogP contribution in [-0.4, -0.2) is 18.0 Å². The smallest absolute Gasteiger partial charge is 0.280 e. The zero-order valence-electron chi connectivity index (χ0n) is 8.55. The van der Waals surface area contributed by atoms with Crippen LogP contribution in [0.5, 0.6) is 0 Å². The van der Waals surface area contributed by atoms with Crippen molar-refractivity contribution in [3.63, 3.8) is 0 Å². The van der Waals surface area contributed by atoms with Crippen molar-refractivity contribution < 1.29 is 12.8 Å². The molecule has 2 aromatic rings. The molecular weight excluding hydrogens is 267 g/mol. The minimum Gasteiger partial charge on any atom is -0.332 e. The van der Waals surface area contributed by atoms with Gasteiger partial charge in [0.15, 0.2) is 5.03 Å². The van der Waals surface area contributed by atoms with Gasteiger partial charge >= 0.3 is 0 Å². The molecule has 0 saturated heterocycles. The van der Waals surface area contributed by atoms with Crippen LogP contribution >= 0.6 is 10.7 Å². The van der Waals surface area contributed by atoms with E-state index in [0.717, 1.165) is 0 Å². The molecule has 0 atom stereocenters. The van der Waals surface area contributed by atoms with E-state index >= 15 is 0 Å². The topological polar surface area (TPSA) is 52.0 Å². The summed E-state index contributed by atoms with van der Waals surface area (Å²) in [5.41, 5.74) is 0.709. The predicted octanol–water partition coefficient (Wildman–Crippen LogP) is 2.00. The van der Waals surface area contributed by atoms with Crippen LogP contribution in [0.4, 0.5) is 4.39 Å². The molecule has 1 heterocycles. The van der Waals surface area contributed by atoms with Gasteiger partial charge in [-0.2, -0.15) is 0 Å². The van der Waals surface area contributed by atoms with E-state index in [1.165, 1.54) is 29.2 Å². The van der Waals surface area contributed by atoms with Crippen molar-refractivity contribution >= 4 is 19.7 Å². The lowest BCUT2D eigenvalue weighted by Crippen LogP contribution is -1.97. The summed E-state index contributed by atoms with van der Waals surface area (Å²) >= 11 is 0. The van der Waals surface area contributed by atoms with Crippen LogP contribution in [0.3, 0.4) is 0 Å². The second kappa shape index (κ2) is 4.46. The van der Waals surface area contributed by atoms with Crippen molar-refractivity contribution in [2.24, 2.45) is 0 Å². The standard InChI is InChI=1S/C10H8ClFN2O2S/c11-17(15,16)10-6-14(7-13-10)5-8-2-1-3-9(12)4-8/h1-4,6-7H,5H2. The molecule has 0 radical (unpaired) electrons. The Morgan fingerprint density at radius 3 is 2.76 bits per heavy atom. The quantitative estimate of drug-likeness (QED) is 0.805. The third-order valence-electron chi connectivity index (χ3n) is 2.11. The van der Waals surface area contributed by atoms with Crippen LogP contribution < -0.4 is 0 Å². The van der Waals surface area contributed by atoms with Crippen LogP contribution in [0.1, 0.15) is 5.56 Å². The van der Waals surface area contributed by atoms with E-state index in [0.29, 0.717) is 12.1 Å². The summed E-state index contributed by atoms with van der Waals surface area (Å²) in [6, 6.07) is 6.03. The first kappa shape index (κ1) is 12.1. The van der Waals surface area contributed by atoms with E-state index in [9.17, 15) is 12.8 Å². The average molecular weight is 275 g/mol. The Kier molecular flexibility index (Phi) is 3.17. The van der Waals surface area contributed by atoms with Gasteiger partial charge in [0.25, 0.3) is 9.05 Å². The van der Waals surface area contributed by atoms with Crippen molar-refractivity contribution in [2.75, 3.05) is 0 Å². The fourth-order valence-corrected chi connectivity index (χ4v) is 2.07. The second-order valence-electron chi connectivity index (χ2n) is 3.45. The number of rotatable bonds is 3. The molecule has 0 unspecified atom stereocenters. The Morgan fingerprint density at radius 2 is 2.18 bits per heavy atom. The molecule has 0 saturated carbocycles. The van der Waals surface area contributed by atoms with E-state index in [4.69, 9.17) is 10.7 Å². The molecule has 0 aliphatic heterocycles. The largest absolute Gasteiger partial charge is 0.332 e. The molecule has 0 aliphatic carbocycles. The molecule has 0 spiro atoms. The van der Waals surface area contributed by atoms with Gasteiger partial charge in [0, 0.05) is 23.4 Å². The number of benzene rings is 1. The summed E-state index contributed by atoms with van der Waals surface area (Å²) in [6.07, 6.45) is 2.63. The molecule has 0 amide bonds. The van der Waals surface area contributed by atoms with E-state index < -0.39 is 9.05 Å². The predicted molar refractivity (Wildman–Crippen MR) is 60.8 cm³/mol.